The predicted octanol–water partition coefficient (Wildman–Crippen LogP) is 3.62. The van der Waals surface area contributed by atoms with Gasteiger partial charge in [0, 0.05) is 13.1 Å². The highest BCUT2D eigenvalue weighted by molar-refractivity contribution is 9.10. The van der Waals surface area contributed by atoms with Crippen LogP contribution in [0.3, 0.4) is 0 Å². The third-order valence-electron chi connectivity index (χ3n) is 5.35. The zero-order valence-corrected chi connectivity index (χ0v) is 20.8. The first-order chi connectivity index (χ1) is 16.8. The van der Waals surface area contributed by atoms with Gasteiger partial charge < -0.3 is 19.5 Å². The molecule has 0 radical (unpaired) electrons. The summed E-state index contributed by atoms with van der Waals surface area (Å²) in [6.45, 7) is 1.65. The second-order valence-electron chi connectivity index (χ2n) is 7.75. The minimum Gasteiger partial charge on any atom is -0.488 e. The molecular formula is C24H21BrN2O7S. The Labute approximate surface area is 213 Å². The fraction of sp³-hybridized carbons (Fsp3) is 0.250. The van der Waals surface area contributed by atoms with E-state index in [1.54, 1.807) is 47.4 Å². The molecule has 4 rings (SSSR count). The topological polar surface area (TPSA) is 113 Å². The SMILES string of the molecule is O=C(O)c1cccc(COc2ccc(/C=C3/SC(=O)N(CC(=O)N4CCOCC4)C3=O)cc2Br)c1. The first kappa shape index (κ1) is 25.0. The molecule has 1 N–H and O–H groups in total. The Balaban J connectivity index is 1.40. The fourth-order valence-corrected chi connectivity index (χ4v) is 4.86. The number of nitrogens with zero attached hydrogens (tertiary/aromatic N) is 2. The molecule has 0 aliphatic carbocycles. The molecule has 11 heteroatoms. The van der Waals surface area contributed by atoms with E-state index in [-0.39, 0.29) is 29.5 Å². The number of aromatic carboxylic acids is 1. The van der Waals surface area contributed by atoms with E-state index in [1.165, 1.54) is 6.07 Å². The third-order valence-corrected chi connectivity index (χ3v) is 6.88. The van der Waals surface area contributed by atoms with Crippen molar-refractivity contribution in [3.8, 4) is 5.75 Å². The van der Waals surface area contributed by atoms with Gasteiger partial charge in [-0.2, -0.15) is 0 Å². The predicted molar refractivity (Wildman–Crippen MR) is 132 cm³/mol. The van der Waals surface area contributed by atoms with Gasteiger partial charge in [-0.1, -0.05) is 18.2 Å². The lowest BCUT2D eigenvalue weighted by Gasteiger charge is -2.28. The Kier molecular flexibility index (Phi) is 7.89. The lowest BCUT2D eigenvalue weighted by atomic mass is 10.1. The number of thioether (sulfide) groups is 1. The van der Waals surface area contributed by atoms with Crippen molar-refractivity contribution in [2.75, 3.05) is 32.8 Å². The van der Waals surface area contributed by atoms with Crippen LogP contribution < -0.4 is 4.74 Å². The lowest BCUT2D eigenvalue weighted by Crippen LogP contribution is -2.46. The summed E-state index contributed by atoms with van der Waals surface area (Å²) in [5, 5.41) is 8.63. The normalized spacial score (nSPS) is 17.2. The number of hydrogen-bond donors (Lipinski definition) is 1. The first-order valence-electron chi connectivity index (χ1n) is 10.7. The number of amides is 3. The molecule has 182 valence electrons. The van der Waals surface area contributed by atoms with E-state index in [2.05, 4.69) is 15.9 Å². The highest BCUT2D eigenvalue weighted by atomic mass is 79.9. The molecule has 2 saturated heterocycles. The maximum absolute atomic E-state index is 12.8. The quantitative estimate of drug-likeness (QED) is 0.511. The van der Waals surface area contributed by atoms with Crippen LogP contribution in [-0.4, -0.2) is 70.8 Å². The molecule has 0 aromatic heterocycles. The van der Waals surface area contributed by atoms with Gasteiger partial charge in [-0.25, -0.2) is 4.79 Å². The van der Waals surface area contributed by atoms with E-state index in [0.29, 0.717) is 47.7 Å². The molecule has 2 heterocycles. The Morgan fingerprint density at radius 1 is 1.14 bits per heavy atom. The van der Waals surface area contributed by atoms with Gasteiger partial charge in [0.25, 0.3) is 11.1 Å². The third kappa shape index (κ3) is 6.11. The van der Waals surface area contributed by atoms with E-state index in [1.807, 2.05) is 0 Å². The summed E-state index contributed by atoms with van der Waals surface area (Å²) in [5.74, 6) is -1.26. The number of carboxylic acid groups (broad SMARTS) is 1. The van der Waals surface area contributed by atoms with Crippen molar-refractivity contribution in [3.05, 3.63) is 68.5 Å². The monoisotopic (exact) mass is 560 g/mol. The molecule has 0 spiro atoms. The van der Waals surface area contributed by atoms with Crippen LogP contribution in [0.25, 0.3) is 6.08 Å². The second kappa shape index (κ2) is 11.1. The van der Waals surface area contributed by atoms with Crippen LogP contribution in [0.1, 0.15) is 21.5 Å². The van der Waals surface area contributed by atoms with Gasteiger partial charge in [-0.15, -0.1) is 0 Å². The van der Waals surface area contributed by atoms with Crippen LogP contribution in [0.5, 0.6) is 5.75 Å². The van der Waals surface area contributed by atoms with Crippen LogP contribution in [0, 0.1) is 0 Å². The molecule has 0 bridgehead atoms. The number of morpholine rings is 1. The molecule has 0 saturated carbocycles. The van der Waals surface area contributed by atoms with Crippen LogP contribution >= 0.6 is 27.7 Å². The molecule has 9 nitrogen and oxygen atoms in total. The van der Waals surface area contributed by atoms with Gasteiger partial charge in [0.1, 0.15) is 18.9 Å². The lowest BCUT2D eigenvalue weighted by molar-refractivity contribution is -0.139. The largest absolute Gasteiger partial charge is 0.488 e. The number of carboxylic acids is 1. The van der Waals surface area contributed by atoms with Crippen molar-refractivity contribution in [2.45, 2.75) is 6.61 Å². The summed E-state index contributed by atoms with van der Waals surface area (Å²) in [6.07, 6.45) is 1.59. The average molecular weight is 561 g/mol. The second-order valence-corrected chi connectivity index (χ2v) is 9.59. The molecular weight excluding hydrogens is 540 g/mol. The van der Waals surface area contributed by atoms with Crippen LogP contribution in [0.15, 0.2) is 51.8 Å². The highest BCUT2D eigenvalue weighted by Gasteiger charge is 2.37. The molecule has 2 aromatic rings. The van der Waals surface area contributed by atoms with E-state index in [0.717, 1.165) is 16.7 Å². The molecule has 0 atom stereocenters. The van der Waals surface area contributed by atoms with Crippen molar-refractivity contribution < 1.29 is 33.8 Å². The zero-order chi connectivity index (χ0) is 24.9. The minimum absolute atomic E-state index is 0.176. The van der Waals surface area contributed by atoms with Gasteiger partial charge in [-0.05, 0) is 69.2 Å². The van der Waals surface area contributed by atoms with Crippen LogP contribution in [0.2, 0.25) is 0 Å². The highest BCUT2D eigenvalue weighted by Crippen LogP contribution is 2.34. The number of halogens is 1. The average Bonchev–Trinajstić information content (AvgIpc) is 3.11. The first-order valence-corrected chi connectivity index (χ1v) is 12.3. The fourth-order valence-electron chi connectivity index (χ4n) is 3.51. The van der Waals surface area contributed by atoms with E-state index in [4.69, 9.17) is 14.6 Å². The molecule has 2 fully saturated rings. The Hall–Kier alpha value is -3.15. The van der Waals surface area contributed by atoms with E-state index < -0.39 is 17.1 Å². The zero-order valence-electron chi connectivity index (χ0n) is 18.4. The maximum Gasteiger partial charge on any atom is 0.335 e. The van der Waals surface area contributed by atoms with Crippen LogP contribution in [-0.2, 0) is 20.9 Å². The van der Waals surface area contributed by atoms with E-state index in [9.17, 15) is 19.2 Å². The number of imide groups is 1. The Morgan fingerprint density at radius 3 is 2.63 bits per heavy atom. The maximum atomic E-state index is 12.8. The number of carbonyl (C=O) groups excluding carboxylic acids is 3. The summed E-state index contributed by atoms with van der Waals surface area (Å²) in [4.78, 5) is 51.5. The molecule has 3 amide bonds. The molecule has 2 aliphatic rings. The Bertz CT molecular complexity index is 1210. The van der Waals surface area contributed by atoms with Crippen LogP contribution in [0.4, 0.5) is 4.79 Å². The van der Waals surface area contributed by atoms with Gasteiger partial charge in [-0.3, -0.25) is 19.3 Å². The summed E-state index contributed by atoms with van der Waals surface area (Å²) in [6, 6.07) is 11.7. The molecule has 35 heavy (non-hydrogen) atoms. The molecule has 2 aromatic carbocycles. The smallest absolute Gasteiger partial charge is 0.335 e. The van der Waals surface area contributed by atoms with Crippen molar-refractivity contribution in [1.82, 2.24) is 9.80 Å². The molecule has 0 unspecified atom stereocenters. The summed E-state index contributed by atoms with van der Waals surface area (Å²) in [7, 11) is 0. The molecule has 2 aliphatic heterocycles. The Morgan fingerprint density at radius 2 is 1.91 bits per heavy atom. The summed E-state index contributed by atoms with van der Waals surface area (Å²) in [5.41, 5.74) is 1.56. The number of benzene rings is 2. The van der Waals surface area contributed by atoms with E-state index >= 15 is 0 Å². The number of ether oxygens (including phenoxy) is 2. The summed E-state index contributed by atoms with van der Waals surface area (Å²) < 4.78 is 11.6. The van der Waals surface area contributed by atoms with Crippen molar-refractivity contribution in [3.63, 3.8) is 0 Å². The number of rotatable bonds is 7. The van der Waals surface area contributed by atoms with Gasteiger partial charge in [0.05, 0.1) is 28.2 Å². The standard InChI is InChI=1S/C24H21BrN2O7S/c25-18-11-15(4-5-19(18)34-14-16-2-1-3-17(10-16)23(30)31)12-20-22(29)27(24(32)35-20)13-21(28)26-6-8-33-9-7-26/h1-5,10-12H,6-9,13-14H2,(H,30,31)/b20-12+. The number of carbonyl (C=O) groups is 4. The van der Waals surface area contributed by atoms with Gasteiger partial charge in [0.2, 0.25) is 5.91 Å². The number of hydrogen-bond acceptors (Lipinski definition) is 7. The van der Waals surface area contributed by atoms with Gasteiger partial charge in [0.15, 0.2) is 0 Å². The summed E-state index contributed by atoms with van der Waals surface area (Å²) >= 11 is 4.24. The van der Waals surface area contributed by atoms with Crippen molar-refractivity contribution in [1.29, 1.82) is 0 Å². The van der Waals surface area contributed by atoms with Crippen molar-refractivity contribution >= 4 is 56.8 Å². The minimum atomic E-state index is -1.01. The van der Waals surface area contributed by atoms with Gasteiger partial charge >= 0.3 is 5.97 Å². The van der Waals surface area contributed by atoms with Crippen molar-refractivity contribution in [2.24, 2.45) is 0 Å².